The van der Waals surface area contributed by atoms with E-state index < -0.39 is 17.8 Å². The maximum atomic E-state index is 14.8. The van der Waals surface area contributed by atoms with Crippen molar-refractivity contribution in [2.24, 2.45) is 4.99 Å². The van der Waals surface area contributed by atoms with Gasteiger partial charge < -0.3 is 4.74 Å². The molecule has 2 heterocycles. The van der Waals surface area contributed by atoms with Gasteiger partial charge in [-0.15, -0.1) is 0 Å². The molecular weight excluding hydrogens is 439 g/mol. The van der Waals surface area contributed by atoms with Crippen LogP contribution in [0, 0.1) is 5.82 Å². The van der Waals surface area contributed by atoms with Crippen LogP contribution < -0.4 is 14.9 Å². The first-order valence-electron chi connectivity index (χ1n) is 9.60. The SMILES string of the molecule is CCOC(=O)C1=C(C)N=c2sc(=Cc3ccc(Cl)cc3)c(=O)n2[C@@H]1c1ccccc1F. The van der Waals surface area contributed by atoms with Gasteiger partial charge in [0.05, 0.1) is 22.4 Å². The number of hydrogen-bond donors (Lipinski definition) is 0. The molecule has 1 aliphatic rings. The highest BCUT2D eigenvalue weighted by molar-refractivity contribution is 7.07. The van der Waals surface area contributed by atoms with Gasteiger partial charge in [0.25, 0.3) is 5.56 Å². The van der Waals surface area contributed by atoms with Crippen LogP contribution in [0.5, 0.6) is 0 Å². The van der Waals surface area contributed by atoms with Gasteiger partial charge in [-0.3, -0.25) is 9.36 Å². The van der Waals surface area contributed by atoms with Crippen molar-refractivity contribution in [3.8, 4) is 0 Å². The predicted molar refractivity (Wildman–Crippen MR) is 118 cm³/mol. The van der Waals surface area contributed by atoms with Gasteiger partial charge in [0.15, 0.2) is 4.80 Å². The Hall–Kier alpha value is -3.03. The molecule has 31 heavy (non-hydrogen) atoms. The fraction of sp³-hybridized carbons (Fsp3) is 0.174. The first-order valence-corrected chi connectivity index (χ1v) is 10.8. The second kappa shape index (κ2) is 8.61. The lowest BCUT2D eigenvalue weighted by molar-refractivity contribution is -0.139. The quantitative estimate of drug-likeness (QED) is 0.564. The summed E-state index contributed by atoms with van der Waals surface area (Å²) < 4.78 is 21.8. The van der Waals surface area contributed by atoms with Crippen molar-refractivity contribution in [1.82, 2.24) is 4.57 Å². The minimum absolute atomic E-state index is 0.150. The largest absolute Gasteiger partial charge is 0.463 e. The number of hydrogen-bond acceptors (Lipinski definition) is 5. The summed E-state index contributed by atoms with van der Waals surface area (Å²) in [4.78, 5) is 31.0. The van der Waals surface area contributed by atoms with Crippen LogP contribution in [-0.4, -0.2) is 17.1 Å². The van der Waals surface area contributed by atoms with Crippen LogP contribution in [0.4, 0.5) is 4.39 Å². The van der Waals surface area contributed by atoms with Gasteiger partial charge in [-0.1, -0.05) is 53.3 Å². The van der Waals surface area contributed by atoms with Gasteiger partial charge in [-0.25, -0.2) is 14.2 Å². The molecule has 0 unspecified atom stereocenters. The number of ether oxygens (including phenoxy) is 1. The number of aromatic nitrogens is 1. The molecular formula is C23H18ClFN2O3S. The zero-order valence-corrected chi connectivity index (χ0v) is 18.3. The maximum Gasteiger partial charge on any atom is 0.338 e. The van der Waals surface area contributed by atoms with Crippen molar-refractivity contribution in [1.29, 1.82) is 0 Å². The number of carbonyl (C=O) groups is 1. The van der Waals surface area contributed by atoms with E-state index in [4.69, 9.17) is 16.3 Å². The third-order valence-corrected chi connectivity index (χ3v) is 6.12. The van der Waals surface area contributed by atoms with E-state index >= 15 is 0 Å². The van der Waals surface area contributed by atoms with Crippen molar-refractivity contribution in [2.75, 3.05) is 6.61 Å². The van der Waals surface area contributed by atoms with E-state index in [0.29, 0.717) is 20.1 Å². The highest BCUT2D eigenvalue weighted by atomic mass is 35.5. The van der Waals surface area contributed by atoms with Crippen LogP contribution in [0.25, 0.3) is 6.08 Å². The Kier molecular flexibility index (Phi) is 5.89. The Morgan fingerprint density at radius 2 is 1.97 bits per heavy atom. The first kappa shape index (κ1) is 21.2. The number of carbonyl (C=O) groups excluding carboxylic acids is 1. The van der Waals surface area contributed by atoms with Crippen molar-refractivity contribution < 1.29 is 13.9 Å². The molecule has 0 fully saturated rings. The summed E-state index contributed by atoms with van der Waals surface area (Å²) >= 11 is 7.12. The van der Waals surface area contributed by atoms with Gasteiger partial charge in [0, 0.05) is 10.6 Å². The fourth-order valence-electron chi connectivity index (χ4n) is 3.49. The van der Waals surface area contributed by atoms with Gasteiger partial charge in [-0.05, 0) is 43.7 Å². The highest BCUT2D eigenvalue weighted by Crippen LogP contribution is 2.32. The Morgan fingerprint density at radius 1 is 1.26 bits per heavy atom. The van der Waals surface area contributed by atoms with Crippen LogP contribution in [0.2, 0.25) is 5.02 Å². The molecule has 0 bridgehead atoms. The number of halogens is 2. The monoisotopic (exact) mass is 456 g/mol. The highest BCUT2D eigenvalue weighted by Gasteiger charge is 2.34. The predicted octanol–water partition coefficient (Wildman–Crippen LogP) is 3.59. The van der Waals surface area contributed by atoms with E-state index in [0.717, 1.165) is 5.56 Å². The number of allylic oxidation sites excluding steroid dienone is 1. The normalized spacial score (nSPS) is 16.1. The Morgan fingerprint density at radius 3 is 2.65 bits per heavy atom. The van der Waals surface area contributed by atoms with Crippen LogP contribution in [0.15, 0.2) is 69.6 Å². The lowest BCUT2D eigenvalue weighted by Gasteiger charge is -2.24. The third-order valence-electron chi connectivity index (χ3n) is 4.88. The second-order valence-corrected chi connectivity index (χ2v) is 8.32. The summed E-state index contributed by atoms with van der Waals surface area (Å²) in [6, 6.07) is 12.2. The molecule has 5 nitrogen and oxygen atoms in total. The van der Waals surface area contributed by atoms with Crippen molar-refractivity contribution >= 4 is 35.0 Å². The molecule has 0 saturated heterocycles. The number of fused-ring (bicyclic) bond motifs is 1. The Bertz CT molecular complexity index is 1370. The number of nitrogens with zero attached hydrogens (tertiary/aromatic N) is 2. The molecule has 1 aliphatic heterocycles. The molecule has 0 saturated carbocycles. The molecule has 0 amide bonds. The molecule has 2 aromatic carbocycles. The van der Waals surface area contributed by atoms with E-state index in [1.807, 2.05) is 0 Å². The zero-order chi connectivity index (χ0) is 22.1. The smallest absolute Gasteiger partial charge is 0.338 e. The van der Waals surface area contributed by atoms with Gasteiger partial charge in [-0.2, -0.15) is 0 Å². The summed E-state index contributed by atoms with van der Waals surface area (Å²) in [6.45, 7) is 3.50. The minimum Gasteiger partial charge on any atom is -0.463 e. The number of benzene rings is 2. The average molecular weight is 457 g/mol. The molecule has 4 rings (SSSR count). The fourth-order valence-corrected chi connectivity index (χ4v) is 4.67. The van der Waals surface area contributed by atoms with E-state index in [1.54, 1.807) is 62.4 Å². The molecule has 158 valence electrons. The van der Waals surface area contributed by atoms with Gasteiger partial charge in [0.2, 0.25) is 0 Å². The number of rotatable bonds is 4. The second-order valence-electron chi connectivity index (χ2n) is 6.88. The van der Waals surface area contributed by atoms with Crippen molar-refractivity contribution in [3.05, 3.63) is 101 Å². The summed E-state index contributed by atoms with van der Waals surface area (Å²) in [6.07, 6.45) is 1.72. The number of thiazole rings is 1. The molecule has 8 heteroatoms. The Labute approximate surface area is 186 Å². The molecule has 0 radical (unpaired) electrons. The van der Waals surface area contributed by atoms with E-state index in [9.17, 15) is 14.0 Å². The van der Waals surface area contributed by atoms with Gasteiger partial charge in [0.1, 0.15) is 11.9 Å². The maximum absolute atomic E-state index is 14.8. The van der Waals surface area contributed by atoms with Crippen molar-refractivity contribution in [2.45, 2.75) is 19.9 Å². The summed E-state index contributed by atoms with van der Waals surface area (Å²) in [5, 5.41) is 0.591. The molecule has 3 aromatic rings. The first-order chi connectivity index (χ1) is 14.9. The lowest BCUT2D eigenvalue weighted by Crippen LogP contribution is -2.40. The topological polar surface area (TPSA) is 60.7 Å². The van der Waals surface area contributed by atoms with Crippen LogP contribution in [0.3, 0.4) is 0 Å². The summed E-state index contributed by atoms with van der Waals surface area (Å²) in [5.74, 6) is -1.14. The Balaban J connectivity index is 1.97. The van der Waals surface area contributed by atoms with Crippen molar-refractivity contribution in [3.63, 3.8) is 0 Å². The molecule has 1 aromatic heterocycles. The molecule has 0 N–H and O–H groups in total. The number of esters is 1. The van der Waals surface area contributed by atoms with Crippen LogP contribution in [0.1, 0.15) is 31.0 Å². The van der Waals surface area contributed by atoms with E-state index in [2.05, 4.69) is 4.99 Å². The lowest BCUT2D eigenvalue weighted by atomic mass is 9.95. The van der Waals surface area contributed by atoms with Gasteiger partial charge >= 0.3 is 5.97 Å². The summed E-state index contributed by atoms with van der Waals surface area (Å²) in [5.41, 5.74) is 1.18. The van der Waals surface area contributed by atoms with Crippen LogP contribution >= 0.6 is 22.9 Å². The van der Waals surface area contributed by atoms with Crippen LogP contribution in [-0.2, 0) is 9.53 Å². The van der Waals surface area contributed by atoms with E-state index in [1.165, 1.54) is 22.0 Å². The third kappa shape index (κ3) is 3.98. The molecule has 0 spiro atoms. The zero-order valence-electron chi connectivity index (χ0n) is 16.8. The summed E-state index contributed by atoms with van der Waals surface area (Å²) in [7, 11) is 0. The minimum atomic E-state index is -0.969. The molecule has 0 aliphatic carbocycles. The van der Waals surface area contributed by atoms with E-state index in [-0.39, 0.29) is 23.3 Å². The standard InChI is InChI=1S/C23H18ClFN2O3S/c1-3-30-22(29)19-13(2)26-23-27(20(19)16-6-4-5-7-17(16)25)21(28)18(31-23)12-14-8-10-15(24)11-9-14/h4-12,20H,3H2,1-2H3/t20-/m1/s1. The molecule has 1 atom stereocenters. The average Bonchev–Trinajstić information content (AvgIpc) is 3.04.